The van der Waals surface area contributed by atoms with Gasteiger partial charge >= 0.3 is 0 Å². The number of rotatable bonds is 8. The molecule has 14 heavy (non-hydrogen) atoms. The molecule has 1 N–H and O–H groups in total. The van der Waals surface area contributed by atoms with Gasteiger partial charge < -0.3 is 5.32 Å². The summed E-state index contributed by atoms with van der Waals surface area (Å²) in [5.41, 5.74) is 0.240. The zero-order valence-corrected chi connectivity index (χ0v) is 11.0. The van der Waals surface area contributed by atoms with Gasteiger partial charge in [-0.15, -0.1) is 11.6 Å². The van der Waals surface area contributed by atoms with Gasteiger partial charge in [-0.1, -0.05) is 27.2 Å². The highest BCUT2D eigenvalue weighted by Gasteiger charge is 2.20. The molecule has 0 saturated carbocycles. The van der Waals surface area contributed by atoms with Crippen molar-refractivity contribution in [3.05, 3.63) is 0 Å². The maximum atomic E-state index is 5.80. The van der Waals surface area contributed by atoms with Crippen molar-refractivity contribution in [1.29, 1.82) is 0 Å². The van der Waals surface area contributed by atoms with E-state index in [4.69, 9.17) is 11.6 Å². The third kappa shape index (κ3) is 5.87. The van der Waals surface area contributed by atoms with Crippen molar-refractivity contribution in [3.63, 3.8) is 0 Å². The topological polar surface area (TPSA) is 12.0 Å². The van der Waals surface area contributed by atoms with Crippen molar-refractivity contribution >= 4 is 11.6 Å². The molecule has 0 aliphatic rings. The summed E-state index contributed by atoms with van der Waals surface area (Å²) in [5.74, 6) is 1.53. The molecule has 0 bridgehead atoms. The maximum Gasteiger partial charge on any atom is 0.0240 e. The van der Waals surface area contributed by atoms with Gasteiger partial charge in [-0.3, -0.25) is 0 Å². The highest BCUT2D eigenvalue weighted by Crippen LogP contribution is 2.16. The maximum absolute atomic E-state index is 5.80. The van der Waals surface area contributed by atoms with Crippen LogP contribution in [0.3, 0.4) is 0 Å². The van der Waals surface area contributed by atoms with E-state index in [1.165, 1.54) is 12.8 Å². The number of hydrogen-bond donors (Lipinski definition) is 1. The fourth-order valence-corrected chi connectivity index (χ4v) is 2.03. The first-order valence-corrected chi connectivity index (χ1v) is 6.42. The molecule has 0 aromatic carbocycles. The lowest BCUT2D eigenvalue weighted by atomic mass is 9.94. The van der Waals surface area contributed by atoms with Crippen LogP contribution in [0.2, 0.25) is 0 Å². The lowest BCUT2D eigenvalue weighted by Gasteiger charge is -2.30. The standard InChI is InChI=1S/C12H26ClN/c1-5-7-11(3)10-14-12(4,6-2)8-9-13/h11,14H,5-10H2,1-4H3. The molecule has 0 aromatic heterocycles. The number of halogens is 1. The van der Waals surface area contributed by atoms with E-state index in [0.29, 0.717) is 0 Å². The molecule has 86 valence electrons. The molecule has 2 unspecified atom stereocenters. The van der Waals surface area contributed by atoms with E-state index >= 15 is 0 Å². The van der Waals surface area contributed by atoms with Crippen molar-refractivity contribution in [2.24, 2.45) is 5.92 Å². The van der Waals surface area contributed by atoms with E-state index in [1.807, 2.05) is 0 Å². The van der Waals surface area contributed by atoms with Crippen LogP contribution in [-0.4, -0.2) is 18.0 Å². The molecule has 0 rings (SSSR count). The van der Waals surface area contributed by atoms with Crippen LogP contribution < -0.4 is 5.32 Å². The van der Waals surface area contributed by atoms with Gasteiger partial charge in [0.1, 0.15) is 0 Å². The highest BCUT2D eigenvalue weighted by atomic mass is 35.5. The Morgan fingerprint density at radius 2 is 2.00 bits per heavy atom. The summed E-state index contributed by atoms with van der Waals surface area (Å²) in [5, 5.41) is 3.65. The van der Waals surface area contributed by atoms with Crippen molar-refractivity contribution in [2.45, 2.75) is 58.9 Å². The first-order chi connectivity index (χ1) is 6.58. The van der Waals surface area contributed by atoms with Crippen LogP contribution in [0.1, 0.15) is 53.4 Å². The summed E-state index contributed by atoms with van der Waals surface area (Å²) < 4.78 is 0. The summed E-state index contributed by atoms with van der Waals surface area (Å²) in [6.45, 7) is 10.2. The molecule has 0 radical (unpaired) electrons. The largest absolute Gasteiger partial charge is 0.311 e. The molecule has 0 heterocycles. The minimum atomic E-state index is 0.240. The van der Waals surface area contributed by atoms with Gasteiger partial charge in [0.15, 0.2) is 0 Å². The molecule has 0 amide bonds. The van der Waals surface area contributed by atoms with Crippen molar-refractivity contribution in [1.82, 2.24) is 5.32 Å². The van der Waals surface area contributed by atoms with E-state index in [-0.39, 0.29) is 5.54 Å². The zero-order valence-electron chi connectivity index (χ0n) is 10.2. The first kappa shape index (κ1) is 14.2. The van der Waals surface area contributed by atoms with Crippen LogP contribution in [0.25, 0.3) is 0 Å². The second-order valence-corrected chi connectivity index (χ2v) is 5.01. The Hall–Kier alpha value is 0.250. The van der Waals surface area contributed by atoms with Crippen LogP contribution in [0.15, 0.2) is 0 Å². The van der Waals surface area contributed by atoms with Gasteiger partial charge in [-0.05, 0) is 38.6 Å². The predicted molar refractivity (Wildman–Crippen MR) is 66.1 cm³/mol. The van der Waals surface area contributed by atoms with E-state index in [0.717, 1.165) is 31.2 Å². The van der Waals surface area contributed by atoms with E-state index in [9.17, 15) is 0 Å². The Morgan fingerprint density at radius 3 is 2.43 bits per heavy atom. The van der Waals surface area contributed by atoms with Gasteiger partial charge in [0, 0.05) is 11.4 Å². The third-order valence-corrected chi connectivity index (χ3v) is 3.27. The van der Waals surface area contributed by atoms with Crippen LogP contribution in [0, 0.1) is 5.92 Å². The molecule has 0 saturated heterocycles. The molecule has 0 fully saturated rings. The molecule has 0 aromatic rings. The van der Waals surface area contributed by atoms with E-state index in [1.54, 1.807) is 0 Å². The van der Waals surface area contributed by atoms with Gasteiger partial charge in [0.05, 0.1) is 0 Å². The van der Waals surface area contributed by atoms with E-state index in [2.05, 4.69) is 33.0 Å². The highest BCUT2D eigenvalue weighted by molar-refractivity contribution is 6.17. The van der Waals surface area contributed by atoms with Gasteiger partial charge in [0.25, 0.3) is 0 Å². The lowest BCUT2D eigenvalue weighted by molar-refractivity contribution is 0.305. The average Bonchev–Trinajstić information content (AvgIpc) is 2.16. The van der Waals surface area contributed by atoms with Crippen LogP contribution >= 0.6 is 11.6 Å². The van der Waals surface area contributed by atoms with Crippen molar-refractivity contribution < 1.29 is 0 Å². The third-order valence-electron chi connectivity index (χ3n) is 3.09. The minimum absolute atomic E-state index is 0.240. The SMILES string of the molecule is CCCC(C)CNC(C)(CC)CCCl. The zero-order chi connectivity index (χ0) is 11.0. The minimum Gasteiger partial charge on any atom is -0.311 e. The molecule has 2 atom stereocenters. The Labute approximate surface area is 94.6 Å². The second-order valence-electron chi connectivity index (χ2n) is 4.63. The monoisotopic (exact) mass is 219 g/mol. The fraction of sp³-hybridized carbons (Fsp3) is 1.00. The van der Waals surface area contributed by atoms with Crippen molar-refractivity contribution in [3.8, 4) is 0 Å². The normalized spacial score (nSPS) is 17.8. The second kappa shape index (κ2) is 7.53. The summed E-state index contributed by atoms with van der Waals surface area (Å²) >= 11 is 5.80. The van der Waals surface area contributed by atoms with Crippen molar-refractivity contribution in [2.75, 3.05) is 12.4 Å². The van der Waals surface area contributed by atoms with Gasteiger partial charge in [-0.25, -0.2) is 0 Å². The number of alkyl halides is 1. The molecular formula is C12H26ClN. The lowest BCUT2D eigenvalue weighted by Crippen LogP contribution is -2.44. The number of nitrogens with one attached hydrogen (secondary N) is 1. The Kier molecular flexibility index (Phi) is 7.66. The number of hydrogen-bond acceptors (Lipinski definition) is 1. The summed E-state index contributed by atoms with van der Waals surface area (Å²) in [4.78, 5) is 0. The molecule has 1 nitrogen and oxygen atoms in total. The molecule has 2 heteroatoms. The van der Waals surface area contributed by atoms with E-state index < -0.39 is 0 Å². The fourth-order valence-electron chi connectivity index (χ4n) is 1.61. The van der Waals surface area contributed by atoms with Crippen LogP contribution in [0.4, 0.5) is 0 Å². The Bertz CT molecular complexity index is 138. The first-order valence-electron chi connectivity index (χ1n) is 5.89. The molecule has 0 aliphatic heterocycles. The Balaban J connectivity index is 3.81. The molecular weight excluding hydrogens is 194 g/mol. The quantitative estimate of drug-likeness (QED) is 0.613. The van der Waals surface area contributed by atoms with Gasteiger partial charge in [0.2, 0.25) is 0 Å². The molecule has 0 spiro atoms. The van der Waals surface area contributed by atoms with Crippen LogP contribution in [-0.2, 0) is 0 Å². The average molecular weight is 220 g/mol. The summed E-state index contributed by atoms with van der Waals surface area (Å²) in [6.07, 6.45) is 4.80. The summed E-state index contributed by atoms with van der Waals surface area (Å²) in [7, 11) is 0. The van der Waals surface area contributed by atoms with Crippen LogP contribution in [0.5, 0.6) is 0 Å². The predicted octanol–water partition coefficient (Wildman–Crippen LogP) is 3.81. The summed E-state index contributed by atoms with van der Waals surface area (Å²) in [6, 6.07) is 0. The Morgan fingerprint density at radius 1 is 1.36 bits per heavy atom. The molecule has 0 aliphatic carbocycles. The smallest absolute Gasteiger partial charge is 0.0240 e. The van der Waals surface area contributed by atoms with Gasteiger partial charge in [-0.2, -0.15) is 0 Å².